The van der Waals surface area contributed by atoms with Crippen molar-refractivity contribution in [3.05, 3.63) is 30.0 Å². The molecule has 0 bridgehead atoms. The largest absolute Gasteiger partial charge is 0.273 e. The number of carbonyl (C=O) groups is 1. The first-order valence-electron chi connectivity index (χ1n) is 4.14. The highest BCUT2D eigenvalue weighted by molar-refractivity contribution is 5.86. The minimum Gasteiger partial charge on any atom is -0.273 e. The zero-order valence-electron chi connectivity index (χ0n) is 7.61. The Morgan fingerprint density at radius 2 is 2.23 bits per heavy atom. The Hall–Kier alpha value is -1.64. The van der Waals surface area contributed by atoms with E-state index >= 15 is 0 Å². The molecule has 0 unspecified atom stereocenters. The maximum atomic E-state index is 11.0. The van der Waals surface area contributed by atoms with Gasteiger partial charge in [0.15, 0.2) is 0 Å². The van der Waals surface area contributed by atoms with Crippen LogP contribution in [0.2, 0.25) is 0 Å². The lowest BCUT2D eigenvalue weighted by molar-refractivity contribution is 0.0922. The first-order valence-corrected chi connectivity index (χ1v) is 4.14. The second kappa shape index (κ2) is 2.69. The molecule has 0 spiro atoms. The summed E-state index contributed by atoms with van der Waals surface area (Å²) in [7, 11) is 0. The average Bonchev–Trinajstić information content (AvgIpc) is 2.49. The summed E-state index contributed by atoms with van der Waals surface area (Å²) in [6, 6.07) is 5.85. The van der Waals surface area contributed by atoms with Crippen molar-refractivity contribution in [2.75, 3.05) is 0 Å². The molecule has 0 radical (unpaired) electrons. The zero-order chi connectivity index (χ0) is 9.42. The molecule has 2 aromatic rings. The monoisotopic (exact) mass is 174 g/mol. The fourth-order valence-corrected chi connectivity index (χ4v) is 1.35. The molecule has 0 saturated heterocycles. The highest BCUT2D eigenvalue weighted by Crippen LogP contribution is 2.15. The molecular formula is C10H10N2O. The van der Waals surface area contributed by atoms with Gasteiger partial charge < -0.3 is 0 Å². The van der Waals surface area contributed by atoms with Gasteiger partial charge in [0.2, 0.25) is 5.91 Å². The second-order valence-electron chi connectivity index (χ2n) is 3.10. The minimum atomic E-state index is -0.0596. The molecule has 0 amide bonds. The Kier molecular flexibility index (Phi) is 1.65. The van der Waals surface area contributed by atoms with Crippen molar-refractivity contribution in [3.63, 3.8) is 0 Å². The van der Waals surface area contributed by atoms with Gasteiger partial charge in [-0.15, -0.1) is 0 Å². The summed E-state index contributed by atoms with van der Waals surface area (Å²) in [4.78, 5) is 11.0. The Labute approximate surface area is 76.0 Å². The molecule has 0 aliphatic heterocycles. The molecule has 1 aromatic heterocycles. The maximum absolute atomic E-state index is 11.0. The van der Waals surface area contributed by atoms with Crippen molar-refractivity contribution in [1.29, 1.82) is 0 Å². The molecule has 13 heavy (non-hydrogen) atoms. The quantitative estimate of drug-likeness (QED) is 0.612. The van der Waals surface area contributed by atoms with Gasteiger partial charge in [-0.3, -0.25) is 4.79 Å². The van der Waals surface area contributed by atoms with Gasteiger partial charge in [0.25, 0.3) is 0 Å². The molecule has 0 saturated carbocycles. The summed E-state index contributed by atoms with van der Waals surface area (Å²) < 4.78 is 1.37. The van der Waals surface area contributed by atoms with Gasteiger partial charge >= 0.3 is 0 Å². The van der Waals surface area contributed by atoms with Crippen LogP contribution in [0.5, 0.6) is 0 Å². The van der Waals surface area contributed by atoms with Crippen molar-refractivity contribution in [2.24, 2.45) is 0 Å². The first-order chi connectivity index (χ1) is 6.18. The van der Waals surface area contributed by atoms with Crippen LogP contribution < -0.4 is 0 Å². The van der Waals surface area contributed by atoms with E-state index < -0.39 is 0 Å². The predicted octanol–water partition coefficient (Wildman–Crippen LogP) is 2.00. The summed E-state index contributed by atoms with van der Waals surface area (Å²) in [6.07, 6.45) is 1.77. The van der Waals surface area contributed by atoms with E-state index in [0.717, 1.165) is 16.5 Å². The summed E-state index contributed by atoms with van der Waals surface area (Å²) in [5.41, 5.74) is 2.01. The predicted molar refractivity (Wildman–Crippen MR) is 50.8 cm³/mol. The highest BCUT2D eigenvalue weighted by Gasteiger charge is 2.04. The number of aromatic nitrogens is 2. The standard InChI is InChI=1S/C10H10N2O/c1-7-4-3-5-10-9(7)6-12(11-10)8(2)13/h3-6H,1-2H3. The van der Waals surface area contributed by atoms with Crippen molar-refractivity contribution in [1.82, 2.24) is 9.78 Å². The van der Waals surface area contributed by atoms with Crippen LogP contribution in [0, 0.1) is 6.92 Å². The van der Waals surface area contributed by atoms with Gasteiger partial charge in [-0.05, 0) is 18.6 Å². The number of benzene rings is 1. The molecule has 66 valence electrons. The summed E-state index contributed by atoms with van der Waals surface area (Å²) >= 11 is 0. The lowest BCUT2D eigenvalue weighted by atomic mass is 10.1. The van der Waals surface area contributed by atoms with E-state index in [4.69, 9.17) is 0 Å². The molecule has 1 heterocycles. The molecule has 1 aromatic carbocycles. The number of nitrogens with zero attached hydrogens (tertiary/aromatic N) is 2. The minimum absolute atomic E-state index is 0.0596. The number of aryl methyl sites for hydroxylation is 1. The maximum Gasteiger partial charge on any atom is 0.243 e. The van der Waals surface area contributed by atoms with Gasteiger partial charge in [-0.25, -0.2) is 4.68 Å². The van der Waals surface area contributed by atoms with Crippen molar-refractivity contribution < 1.29 is 4.79 Å². The molecule has 0 aliphatic rings. The third-order valence-corrected chi connectivity index (χ3v) is 2.09. The molecule has 3 heteroatoms. The zero-order valence-corrected chi connectivity index (χ0v) is 7.61. The fraction of sp³-hybridized carbons (Fsp3) is 0.200. The number of carbonyl (C=O) groups excluding carboxylic acids is 1. The van der Waals surface area contributed by atoms with Gasteiger partial charge in [-0.1, -0.05) is 12.1 Å². The smallest absolute Gasteiger partial charge is 0.243 e. The highest BCUT2D eigenvalue weighted by atomic mass is 16.2. The Morgan fingerprint density at radius 1 is 1.46 bits per heavy atom. The lowest BCUT2D eigenvalue weighted by Crippen LogP contribution is -2.04. The number of fused-ring (bicyclic) bond motifs is 1. The molecule has 3 nitrogen and oxygen atoms in total. The fourth-order valence-electron chi connectivity index (χ4n) is 1.35. The first kappa shape index (κ1) is 7.98. The molecule has 0 N–H and O–H groups in total. The van der Waals surface area contributed by atoms with E-state index in [1.807, 2.05) is 25.1 Å². The van der Waals surface area contributed by atoms with Gasteiger partial charge in [0, 0.05) is 18.5 Å². The van der Waals surface area contributed by atoms with Crippen LogP contribution in [0.25, 0.3) is 10.9 Å². The molecule has 0 atom stereocenters. The van der Waals surface area contributed by atoms with E-state index in [1.165, 1.54) is 11.6 Å². The third-order valence-electron chi connectivity index (χ3n) is 2.09. The molecule has 0 fully saturated rings. The molecular weight excluding hydrogens is 164 g/mol. The van der Waals surface area contributed by atoms with E-state index in [9.17, 15) is 4.79 Å². The molecule has 0 aliphatic carbocycles. The van der Waals surface area contributed by atoms with Crippen LogP contribution in [-0.2, 0) is 0 Å². The van der Waals surface area contributed by atoms with E-state index in [2.05, 4.69) is 5.10 Å². The number of hydrogen-bond donors (Lipinski definition) is 0. The van der Waals surface area contributed by atoms with Crippen LogP contribution in [0.4, 0.5) is 0 Å². The lowest BCUT2D eigenvalue weighted by Gasteiger charge is -1.90. The number of hydrogen-bond acceptors (Lipinski definition) is 2. The topological polar surface area (TPSA) is 34.9 Å². The Bertz CT molecular complexity index is 471. The summed E-state index contributed by atoms with van der Waals surface area (Å²) in [5.74, 6) is -0.0596. The van der Waals surface area contributed by atoms with Crippen molar-refractivity contribution in [3.8, 4) is 0 Å². The van der Waals surface area contributed by atoms with E-state index in [-0.39, 0.29) is 5.91 Å². The summed E-state index contributed by atoms with van der Waals surface area (Å²) in [6.45, 7) is 3.51. The third kappa shape index (κ3) is 1.22. The second-order valence-corrected chi connectivity index (χ2v) is 3.10. The van der Waals surface area contributed by atoms with Crippen LogP contribution in [-0.4, -0.2) is 15.7 Å². The SMILES string of the molecule is CC(=O)n1cc2c(C)cccc2n1. The van der Waals surface area contributed by atoms with Crippen LogP contribution in [0.1, 0.15) is 17.3 Å². The van der Waals surface area contributed by atoms with Gasteiger partial charge in [0.1, 0.15) is 0 Å². The number of rotatable bonds is 0. The normalized spacial score (nSPS) is 10.6. The van der Waals surface area contributed by atoms with E-state index in [0.29, 0.717) is 0 Å². The van der Waals surface area contributed by atoms with Crippen LogP contribution >= 0.6 is 0 Å². The van der Waals surface area contributed by atoms with E-state index in [1.54, 1.807) is 6.20 Å². The van der Waals surface area contributed by atoms with Crippen LogP contribution in [0.3, 0.4) is 0 Å². The summed E-state index contributed by atoms with van der Waals surface area (Å²) in [5, 5.41) is 5.18. The average molecular weight is 174 g/mol. The van der Waals surface area contributed by atoms with Crippen molar-refractivity contribution >= 4 is 16.8 Å². The van der Waals surface area contributed by atoms with Gasteiger partial charge in [0.05, 0.1) is 5.52 Å². The Morgan fingerprint density at radius 3 is 2.85 bits per heavy atom. The van der Waals surface area contributed by atoms with Crippen LogP contribution in [0.15, 0.2) is 24.4 Å². The van der Waals surface area contributed by atoms with Gasteiger partial charge in [-0.2, -0.15) is 5.10 Å². The Balaban J connectivity index is 2.75. The molecule has 2 rings (SSSR count). The van der Waals surface area contributed by atoms with Crippen molar-refractivity contribution in [2.45, 2.75) is 13.8 Å².